The van der Waals surface area contributed by atoms with Crippen LogP contribution >= 0.6 is 0 Å². The molecule has 1 rings (SSSR count). The number of carbonyl (C=O) groups excluding carboxylic acids is 1. The zero-order chi connectivity index (χ0) is 14.8. The Morgan fingerprint density at radius 1 is 1.15 bits per heavy atom. The molecule has 1 aromatic carbocycles. The van der Waals surface area contributed by atoms with Crippen molar-refractivity contribution in [3.63, 3.8) is 0 Å². The van der Waals surface area contributed by atoms with Crippen LogP contribution in [0.4, 0.5) is 4.79 Å². The molecule has 3 N–H and O–H groups in total. The Balaban J connectivity index is 2.36. The van der Waals surface area contributed by atoms with Gasteiger partial charge in [0.2, 0.25) is 0 Å². The molecule has 6 nitrogen and oxygen atoms in total. The van der Waals surface area contributed by atoms with Gasteiger partial charge in [-0.15, -0.1) is 0 Å². The lowest BCUT2D eigenvalue weighted by Gasteiger charge is -2.10. The van der Waals surface area contributed by atoms with E-state index >= 15 is 0 Å². The molecule has 0 unspecified atom stereocenters. The van der Waals surface area contributed by atoms with Crippen molar-refractivity contribution in [2.45, 2.75) is 12.8 Å². The number of benzene rings is 1. The van der Waals surface area contributed by atoms with Crippen molar-refractivity contribution in [3.8, 4) is 11.5 Å². The molecule has 0 saturated carbocycles. The summed E-state index contributed by atoms with van der Waals surface area (Å²) in [5, 5.41) is 14.0. The number of hydrogen-bond donors (Lipinski definition) is 3. The normalized spacial score (nSPS) is 9.95. The Labute approximate surface area is 119 Å². The largest absolute Gasteiger partial charge is 0.493 e. The lowest BCUT2D eigenvalue weighted by Crippen LogP contribution is -2.37. The number of aliphatic hydroxyl groups excluding tert-OH is 1. The van der Waals surface area contributed by atoms with E-state index in [-0.39, 0.29) is 12.6 Å². The van der Waals surface area contributed by atoms with Gasteiger partial charge in [0.1, 0.15) is 0 Å². The molecule has 0 spiro atoms. The molecule has 2 amide bonds. The van der Waals surface area contributed by atoms with Crippen LogP contribution in [0.2, 0.25) is 0 Å². The van der Waals surface area contributed by atoms with Crippen LogP contribution in [0, 0.1) is 0 Å². The van der Waals surface area contributed by atoms with Crippen molar-refractivity contribution in [3.05, 3.63) is 23.8 Å². The molecule has 0 atom stereocenters. The third kappa shape index (κ3) is 5.36. The Morgan fingerprint density at radius 3 is 2.50 bits per heavy atom. The number of nitrogens with one attached hydrogen (secondary N) is 2. The first kappa shape index (κ1) is 16.1. The molecular weight excluding hydrogens is 260 g/mol. The lowest BCUT2D eigenvalue weighted by atomic mass is 10.1. The average Bonchev–Trinajstić information content (AvgIpc) is 2.47. The summed E-state index contributed by atoms with van der Waals surface area (Å²) in [5.41, 5.74) is 1.05. The molecule has 0 radical (unpaired) electrons. The van der Waals surface area contributed by atoms with E-state index in [1.807, 2.05) is 18.2 Å². The van der Waals surface area contributed by atoms with E-state index in [2.05, 4.69) is 10.6 Å². The quantitative estimate of drug-likeness (QED) is 0.620. The van der Waals surface area contributed by atoms with Gasteiger partial charge in [0.05, 0.1) is 14.2 Å². The van der Waals surface area contributed by atoms with E-state index in [9.17, 15) is 4.79 Å². The Kier molecular flexibility index (Phi) is 7.27. The number of hydrogen-bond acceptors (Lipinski definition) is 4. The third-order valence-corrected chi connectivity index (χ3v) is 2.77. The van der Waals surface area contributed by atoms with Crippen LogP contribution in [0.15, 0.2) is 18.2 Å². The van der Waals surface area contributed by atoms with Crippen molar-refractivity contribution in [1.29, 1.82) is 0 Å². The van der Waals surface area contributed by atoms with E-state index in [0.717, 1.165) is 5.56 Å². The second-order valence-corrected chi connectivity index (χ2v) is 4.20. The van der Waals surface area contributed by atoms with Crippen LogP contribution in [0.25, 0.3) is 0 Å². The maximum absolute atomic E-state index is 11.4. The third-order valence-electron chi connectivity index (χ3n) is 2.77. The van der Waals surface area contributed by atoms with Crippen molar-refractivity contribution >= 4 is 6.03 Å². The summed E-state index contributed by atoms with van der Waals surface area (Å²) in [4.78, 5) is 11.4. The molecule has 0 saturated heterocycles. The maximum Gasteiger partial charge on any atom is 0.314 e. The fourth-order valence-corrected chi connectivity index (χ4v) is 1.70. The minimum atomic E-state index is -0.223. The zero-order valence-electron chi connectivity index (χ0n) is 11.9. The Hall–Kier alpha value is -1.95. The lowest BCUT2D eigenvalue weighted by molar-refractivity contribution is 0.238. The van der Waals surface area contributed by atoms with Gasteiger partial charge >= 0.3 is 6.03 Å². The molecule has 0 aliphatic heterocycles. The molecule has 0 fully saturated rings. The molecule has 0 bridgehead atoms. The van der Waals surface area contributed by atoms with Crippen LogP contribution in [-0.2, 0) is 6.42 Å². The van der Waals surface area contributed by atoms with Gasteiger partial charge in [0.15, 0.2) is 11.5 Å². The van der Waals surface area contributed by atoms with Crippen LogP contribution in [0.3, 0.4) is 0 Å². The van der Waals surface area contributed by atoms with E-state index in [1.165, 1.54) is 0 Å². The fraction of sp³-hybridized carbons (Fsp3) is 0.500. The summed E-state index contributed by atoms with van der Waals surface area (Å²) in [6.07, 6.45) is 1.26. The predicted octanol–water partition coefficient (Wildman–Crippen LogP) is 0.928. The number of amides is 2. The van der Waals surface area contributed by atoms with Crippen LogP contribution < -0.4 is 20.1 Å². The minimum Gasteiger partial charge on any atom is -0.493 e. The summed E-state index contributed by atoms with van der Waals surface area (Å²) in [6.45, 7) is 1.07. The zero-order valence-corrected chi connectivity index (χ0v) is 11.9. The molecule has 0 aromatic heterocycles. The number of carbonyl (C=O) groups is 1. The Morgan fingerprint density at radius 2 is 1.85 bits per heavy atom. The van der Waals surface area contributed by atoms with E-state index in [0.29, 0.717) is 37.4 Å². The van der Waals surface area contributed by atoms with Gasteiger partial charge in [0, 0.05) is 19.7 Å². The van der Waals surface area contributed by atoms with E-state index in [1.54, 1.807) is 14.2 Å². The number of aliphatic hydroxyl groups is 1. The number of ether oxygens (including phenoxy) is 2. The van der Waals surface area contributed by atoms with Crippen molar-refractivity contribution in [2.24, 2.45) is 0 Å². The van der Waals surface area contributed by atoms with Gasteiger partial charge in [0.25, 0.3) is 0 Å². The second-order valence-electron chi connectivity index (χ2n) is 4.20. The monoisotopic (exact) mass is 282 g/mol. The van der Waals surface area contributed by atoms with Gasteiger partial charge < -0.3 is 25.2 Å². The fourth-order valence-electron chi connectivity index (χ4n) is 1.70. The van der Waals surface area contributed by atoms with Gasteiger partial charge in [-0.05, 0) is 30.5 Å². The summed E-state index contributed by atoms with van der Waals surface area (Å²) in [6, 6.07) is 5.45. The van der Waals surface area contributed by atoms with Crippen molar-refractivity contribution < 1.29 is 19.4 Å². The number of methoxy groups -OCH3 is 2. The number of urea groups is 1. The molecule has 1 aromatic rings. The highest BCUT2D eigenvalue weighted by Gasteiger charge is 2.05. The molecule has 112 valence electrons. The molecule has 0 aliphatic carbocycles. The Bertz CT molecular complexity index is 424. The molecular formula is C14H22N2O4. The highest BCUT2D eigenvalue weighted by atomic mass is 16.5. The molecule has 6 heteroatoms. The molecule has 0 heterocycles. The van der Waals surface area contributed by atoms with Crippen LogP contribution in [-0.4, -0.2) is 45.1 Å². The van der Waals surface area contributed by atoms with E-state index < -0.39 is 0 Å². The average molecular weight is 282 g/mol. The maximum atomic E-state index is 11.4. The summed E-state index contributed by atoms with van der Waals surface area (Å²) >= 11 is 0. The molecule has 20 heavy (non-hydrogen) atoms. The van der Waals surface area contributed by atoms with Crippen LogP contribution in [0.1, 0.15) is 12.0 Å². The van der Waals surface area contributed by atoms with Gasteiger partial charge in [-0.1, -0.05) is 6.07 Å². The van der Waals surface area contributed by atoms with E-state index in [4.69, 9.17) is 14.6 Å². The van der Waals surface area contributed by atoms with Crippen molar-refractivity contribution in [1.82, 2.24) is 10.6 Å². The topological polar surface area (TPSA) is 79.8 Å². The standard InChI is InChI=1S/C14H22N2O4/c1-19-12-5-4-11(10-13(12)20-2)6-8-16-14(18)15-7-3-9-17/h4-5,10,17H,3,6-9H2,1-2H3,(H2,15,16,18). The van der Waals surface area contributed by atoms with Gasteiger partial charge in [-0.2, -0.15) is 0 Å². The van der Waals surface area contributed by atoms with Gasteiger partial charge in [-0.25, -0.2) is 4.79 Å². The first-order valence-electron chi connectivity index (χ1n) is 6.54. The van der Waals surface area contributed by atoms with Gasteiger partial charge in [-0.3, -0.25) is 0 Å². The highest BCUT2D eigenvalue weighted by Crippen LogP contribution is 2.27. The smallest absolute Gasteiger partial charge is 0.314 e. The predicted molar refractivity (Wildman–Crippen MR) is 76.4 cm³/mol. The minimum absolute atomic E-state index is 0.0753. The summed E-state index contributed by atoms with van der Waals surface area (Å²) in [5.74, 6) is 1.36. The summed E-state index contributed by atoms with van der Waals surface area (Å²) < 4.78 is 10.4. The first-order valence-corrected chi connectivity index (χ1v) is 6.54. The second kappa shape index (κ2) is 9.03. The number of rotatable bonds is 8. The SMILES string of the molecule is COc1ccc(CCNC(=O)NCCCO)cc1OC. The highest BCUT2D eigenvalue weighted by molar-refractivity contribution is 5.73. The first-order chi connectivity index (χ1) is 9.71. The van der Waals surface area contributed by atoms with Crippen molar-refractivity contribution in [2.75, 3.05) is 33.9 Å². The van der Waals surface area contributed by atoms with Crippen LogP contribution in [0.5, 0.6) is 11.5 Å². The molecule has 0 aliphatic rings. The summed E-state index contributed by atoms with van der Waals surface area (Å²) in [7, 11) is 3.18.